The minimum atomic E-state index is 0.478. The summed E-state index contributed by atoms with van der Waals surface area (Å²) in [6.45, 7) is 0. The van der Waals surface area contributed by atoms with E-state index in [1.165, 1.54) is 0 Å². The van der Waals surface area contributed by atoms with Crippen LogP contribution in [0.5, 0.6) is 11.6 Å². The molecule has 21 heavy (non-hydrogen) atoms. The first-order valence-electron chi connectivity index (χ1n) is 6.23. The number of anilines is 1. The van der Waals surface area contributed by atoms with E-state index in [0.717, 1.165) is 21.0 Å². The van der Waals surface area contributed by atoms with Gasteiger partial charge in [0.15, 0.2) is 0 Å². The number of fused-ring (bicyclic) bond motifs is 1. The van der Waals surface area contributed by atoms with Crippen LogP contribution in [-0.2, 0) is 0 Å². The lowest BCUT2D eigenvalue weighted by Gasteiger charge is -2.09. The van der Waals surface area contributed by atoms with Gasteiger partial charge >= 0.3 is 0 Å². The summed E-state index contributed by atoms with van der Waals surface area (Å²) in [6.07, 6.45) is 1.66. The van der Waals surface area contributed by atoms with Crippen LogP contribution >= 0.6 is 31.9 Å². The first-order valence-corrected chi connectivity index (χ1v) is 7.82. The number of halogens is 2. The molecule has 3 aromatic rings. The number of ether oxygens (including phenoxy) is 1. The van der Waals surface area contributed by atoms with Crippen molar-refractivity contribution in [3.8, 4) is 11.6 Å². The van der Waals surface area contributed by atoms with Crippen molar-refractivity contribution in [3.05, 3.63) is 51.5 Å². The Hall–Kier alpha value is -1.66. The molecule has 0 bridgehead atoms. The van der Waals surface area contributed by atoms with Gasteiger partial charge in [0.05, 0.1) is 10.7 Å². The highest BCUT2D eigenvalue weighted by Gasteiger charge is 2.07. The van der Waals surface area contributed by atoms with Crippen molar-refractivity contribution in [1.29, 1.82) is 0 Å². The molecule has 0 saturated carbocycles. The predicted molar refractivity (Wildman–Crippen MR) is 91.0 cm³/mol. The Morgan fingerprint density at radius 1 is 1.05 bits per heavy atom. The molecule has 0 unspecified atom stereocenters. The zero-order valence-electron chi connectivity index (χ0n) is 11.1. The van der Waals surface area contributed by atoms with E-state index in [0.29, 0.717) is 16.3 Å². The topological polar surface area (TPSA) is 47.0 Å². The summed E-state index contributed by atoms with van der Waals surface area (Å²) in [6, 6.07) is 12.0. The lowest BCUT2D eigenvalue weighted by Crippen LogP contribution is -1.98. The Bertz CT molecular complexity index is 808. The molecule has 2 aromatic carbocycles. The molecular formula is C15H11Br2N3O. The first kappa shape index (κ1) is 14.3. The van der Waals surface area contributed by atoms with Crippen molar-refractivity contribution < 1.29 is 4.74 Å². The van der Waals surface area contributed by atoms with Crippen LogP contribution in [0.4, 0.5) is 5.95 Å². The maximum absolute atomic E-state index is 5.84. The number of rotatable bonds is 3. The maximum Gasteiger partial charge on any atom is 0.238 e. The van der Waals surface area contributed by atoms with Crippen LogP contribution in [0.3, 0.4) is 0 Å². The molecule has 106 valence electrons. The smallest absolute Gasteiger partial charge is 0.238 e. The number of hydrogen-bond acceptors (Lipinski definition) is 4. The van der Waals surface area contributed by atoms with E-state index in [4.69, 9.17) is 4.74 Å². The van der Waals surface area contributed by atoms with Crippen molar-refractivity contribution in [3.63, 3.8) is 0 Å². The molecule has 0 saturated heterocycles. The first-order chi connectivity index (χ1) is 10.2. The van der Waals surface area contributed by atoms with Gasteiger partial charge < -0.3 is 10.1 Å². The van der Waals surface area contributed by atoms with Gasteiger partial charge in [0.25, 0.3) is 0 Å². The average Bonchev–Trinajstić information content (AvgIpc) is 2.49. The maximum atomic E-state index is 5.84. The van der Waals surface area contributed by atoms with E-state index >= 15 is 0 Å². The second-order valence-corrected chi connectivity index (χ2v) is 6.12. The summed E-state index contributed by atoms with van der Waals surface area (Å²) in [5.41, 5.74) is 0. The number of nitrogens with zero attached hydrogens (tertiary/aromatic N) is 2. The van der Waals surface area contributed by atoms with Gasteiger partial charge in [-0.1, -0.05) is 28.1 Å². The van der Waals surface area contributed by atoms with E-state index < -0.39 is 0 Å². The van der Waals surface area contributed by atoms with Gasteiger partial charge in [-0.2, -0.15) is 4.98 Å². The van der Waals surface area contributed by atoms with Crippen LogP contribution in [0, 0.1) is 0 Å². The molecular weight excluding hydrogens is 398 g/mol. The molecule has 0 atom stereocenters. The minimum Gasteiger partial charge on any atom is -0.438 e. The van der Waals surface area contributed by atoms with E-state index in [-0.39, 0.29) is 0 Å². The molecule has 0 radical (unpaired) electrons. The van der Waals surface area contributed by atoms with Gasteiger partial charge in [-0.3, -0.25) is 0 Å². The third-order valence-electron chi connectivity index (χ3n) is 2.92. The normalized spacial score (nSPS) is 10.6. The van der Waals surface area contributed by atoms with Crippen LogP contribution < -0.4 is 10.1 Å². The van der Waals surface area contributed by atoms with Gasteiger partial charge in [-0.25, -0.2) is 4.98 Å². The van der Waals surface area contributed by atoms with Gasteiger partial charge in [0, 0.05) is 11.5 Å². The van der Waals surface area contributed by atoms with Crippen molar-refractivity contribution in [1.82, 2.24) is 9.97 Å². The van der Waals surface area contributed by atoms with Crippen LogP contribution in [-0.4, -0.2) is 17.0 Å². The molecule has 0 amide bonds. The quantitative estimate of drug-likeness (QED) is 0.663. The highest BCUT2D eigenvalue weighted by atomic mass is 79.9. The molecule has 0 spiro atoms. The Labute approximate surface area is 138 Å². The van der Waals surface area contributed by atoms with Gasteiger partial charge in [-0.15, -0.1) is 0 Å². The lowest BCUT2D eigenvalue weighted by molar-refractivity contribution is 0.459. The van der Waals surface area contributed by atoms with Crippen LogP contribution in [0.15, 0.2) is 51.5 Å². The van der Waals surface area contributed by atoms with Gasteiger partial charge in [0.1, 0.15) is 5.75 Å². The Balaban J connectivity index is 1.96. The van der Waals surface area contributed by atoms with E-state index in [1.807, 2.05) is 30.3 Å². The Morgan fingerprint density at radius 2 is 1.81 bits per heavy atom. The summed E-state index contributed by atoms with van der Waals surface area (Å²) < 4.78 is 7.60. The molecule has 4 nitrogen and oxygen atoms in total. The molecule has 0 aliphatic heterocycles. The van der Waals surface area contributed by atoms with Crippen molar-refractivity contribution in [2.75, 3.05) is 12.4 Å². The molecule has 1 aromatic heterocycles. The number of benzene rings is 2. The SMILES string of the molecule is CNc1ncc(Br)c(Oc2ccc3cc(Br)ccc3c2)n1. The zero-order valence-corrected chi connectivity index (χ0v) is 14.3. The molecule has 0 fully saturated rings. The van der Waals surface area contributed by atoms with E-state index in [2.05, 4.69) is 53.2 Å². The summed E-state index contributed by atoms with van der Waals surface area (Å²) >= 11 is 6.86. The summed E-state index contributed by atoms with van der Waals surface area (Å²) in [7, 11) is 1.76. The molecule has 1 N–H and O–H groups in total. The zero-order chi connectivity index (χ0) is 14.8. The standard InChI is InChI=1S/C15H11Br2N3O/c1-18-15-19-8-13(17)14(20-15)21-12-5-3-9-6-11(16)4-2-10(9)7-12/h2-8H,1H3,(H,18,19,20). The molecule has 1 heterocycles. The highest BCUT2D eigenvalue weighted by molar-refractivity contribution is 9.10. The third kappa shape index (κ3) is 3.16. The monoisotopic (exact) mass is 407 g/mol. The van der Waals surface area contributed by atoms with Gasteiger partial charge in [0.2, 0.25) is 11.8 Å². The largest absolute Gasteiger partial charge is 0.438 e. The van der Waals surface area contributed by atoms with Crippen molar-refractivity contribution in [2.45, 2.75) is 0 Å². The van der Waals surface area contributed by atoms with Crippen molar-refractivity contribution >= 4 is 48.6 Å². The van der Waals surface area contributed by atoms with Crippen LogP contribution in [0.25, 0.3) is 10.8 Å². The molecule has 3 rings (SSSR count). The van der Waals surface area contributed by atoms with Crippen molar-refractivity contribution in [2.24, 2.45) is 0 Å². The molecule has 6 heteroatoms. The van der Waals surface area contributed by atoms with E-state index in [1.54, 1.807) is 13.2 Å². The van der Waals surface area contributed by atoms with Gasteiger partial charge in [-0.05, 0) is 51.0 Å². The Kier molecular flexibility index (Phi) is 4.07. The Morgan fingerprint density at radius 3 is 2.62 bits per heavy atom. The lowest BCUT2D eigenvalue weighted by atomic mass is 10.1. The summed E-state index contributed by atoms with van der Waals surface area (Å²) in [4.78, 5) is 8.39. The average molecular weight is 409 g/mol. The second kappa shape index (κ2) is 5.99. The fourth-order valence-corrected chi connectivity index (χ4v) is 2.56. The summed E-state index contributed by atoms with van der Waals surface area (Å²) in [5.74, 6) is 1.72. The second-order valence-electron chi connectivity index (χ2n) is 4.35. The fraction of sp³-hybridized carbons (Fsp3) is 0.0667. The van der Waals surface area contributed by atoms with Crippen LogP contribution in [0.2, 0.25) is 0 Å². The molecule has 0 aliphatic rings. The number of aromatic nitrogens is 2. The fourth-order valence-electron chi connectivity index (χ4n) is 1.91. The number of hydrogen-bond donors (Lipinski definition) is 1. The predicted octanol–water partition coefficient (Wildman–Crippen LogP) is 4.99. The highest BCUT2D eigenvalue weighted by Crippen LogP contribution is 2.30. The third-order valence-corrected chi connectivity index (χ3v) is 3.96. The number of nitrogens with one attached hydrogen (secondary N) is 1. The summed E-state index contributed by atoms with van der Waals surface area (Å²) in [5, 5.41) is 5.14. The molecule has 0 aliphatic carbocycles. The minimum absolute atomic E-state index is 0.478. The van der Waals surface area contributed by atoms with E-state index in [9.17, 15) is 0 Å². The van der Waals surface area contributed by atoms with Crippen LogP contribution in [0.1, 0.15) is 0 Å².